The monoisotopic (exact) mass is 843 g/mol. The van der Waals surface area contributed by atoms with Crippen LogP contribution in [0.4, 0.5) is 10.5 Å². The molecule has 0 bridgehead atoms. The molecular formula is C43H48Cl3N9O3. The first kappa shape index (κ1) is 42.3. The number of aromatic nitrogens is 1. The first-order valence-electron chi connectivity index (χ1n) is 19.3. The Hall–Kier alpha value is -5.27. The van der Waals surface area contributed by atoms with Crippen LogP contribution in [0.3, 0.4) is 0 Å². The van der Waals surface area contributed by atoms with E-state index in [1.54, 1.807) is 24.3 Å². The Kier molecular flexibility index (Phi) is 14.9. The summed E-state index contributed by atoms with van der Waals surface area (Å²) in [5.41, 5.74) is 16.1. The molecule has 58 heavy (non-hydrogen) atoms. The Morgan fingerprint density at radius 3 is 2.28 bits per heavy atom. The maximum absolute atomic E-state index is 14.2. The molecule has 1 atom stereocenters. The number of hydrogen-bond donors (Lipinski definition) is 5. The van der Waals surface area contributed by atoms with Gasteiger partial charge < -0.3 is 36.9 Å². The van der Waals surface area contributed by atoms with Crippen molar-refractivity contribution in [2.24, 2.45) is 16.5 Å². The number of benzene rings is 4. The zero-order chi connectivity index (χ0) is 41.0. The van der Waals surface area contributed by atoms with Crippen LogP contribution in [0, 0.1) is 0 Å². The fourth-order valence-electron chi connectivity index (χ4n) is 7.04. The number of amides is 4. The molecule has 2 heterocycles. The van der Waals surface area contributed by atoms with E-state index in [1.165, 1.54) is 23.3 Å². The van der Waals surface area contributed by atoms with Gasteiger partial charge in [-0.25, -0.2) is 4.79 Å². The summed E-state index contributed by atoms with van der Waals surface area (Å²) >= 11 is 19.4. The van der Waals surface area contributed by atoms with Crippen molar-refractivity contribution in [3.63, 3.8) is 0 Å². The maximum atomic E-state index is 14.2. The summed E-state index contributed by atoms with van der Waals surface area (Å²) in [5.74, 6) is -0.940. The Morgan fingerprint density at radius 1 is 0.845 bits per heavy atom. The van der Waals surface area contributed by atoms with Gasteiger partial charge in [0.2, 0.25) is 11.8 Å². The van der Waals surface area contributed by atoms with E-state index in [9.17, 15) is 14.4 Å². The smallest absolute Gasteiger partial charge is 0.322 e. The van der Waals surface area contributed by atoms with E-state index in [0.29, 0.717) is 33.7 Å². The number of urea groups is 1. The number of fused-ring (bicyclic) bond motifs is 1. The molecule has 0 spiro atoms. The van der Waals surface area contributed by atoms with Gasteiger partial charge in [-0.3, -0.25) is 19.5 Å². The lowest BCUT2D eigenvalue weighted by atomic mass is 10.1. The molecule has 0 saturated carbocycles. The summed E-state index contributed by atoms with van der Waals surface area (Å²) < 4.78 is 2.11. The highest BCUT2D eigenvalue weighted by atomic mass is 35.5. The lowest BCUT2D eigenvalue weighted by Gasteiger charge is -2.25. The van der Waals surface area contributed by atoms with Crippen LogP contribution in [0.25, 0.3) is 10.9 Å². The van der Waals surface area contributed by atoms with Gasteiger partial charge in [0.05, 0.1) is 12.1 Å². The zero-order valence-corrected chi connectivity index (χ0v) is 34.4. The number of rotatable bonds is 17. The predicted octanol–water partition coefficient (Wildman–Crippen LogP) is 7.13. The minimum Gasteiger partial charge on any atom is -0.370 e. The van der Waals surface area contributed by atoms with E-state index in [-0.39, 0.29) is 44.5 Å². The number of anilines is 1. The van der Waals surface area contributed by atoms with Crippen molar-refractivity contribution in [3.8, 4) is 0 Å². The van der Waals surface area contributed by atoms with E-state index in [2.05, 4.69) is 36.6 Å². The largest absolute Gasteiger partial charge is 0.370 e. The molecule has 15 heteroatoms. The van der Waals surface area contributed by atoms with Crippen molar-refractivity contribution in [2.45, 2.75) is 57.9 Å². The van der Waals surface area contributed by atoms with E-state index in [4.69, 9.17) is 46.3 Å². The topological polar surface area (TPSA) is 163 Å². The van der Waals surface area contributed by atoms with Crippen molar-refractivity contribution >= 4 is 75.2 Å². The van der Waals surface area contributed by atoms with Crippen LogP contribution in [0.1, 0.15) is 47.9 Å². The van der Waals surface area contributed by atoms with Crippen LogP contribution >= 0.6 is 34.8 Å². The van der Waals surface area contributed by atoms with Gasteiger partial charge in [0.1, 0.15) is 12.6 Å². The minimum atomic E-state index is -0.901. The number of nitrogens with one attached hydrogen (secondary N) is 3. The minimum absolute atomic E-state index is 0.0576. The van der Waals surface area contributed by atoms with E-state index in [1.807, 2.05) is 66.7 Å². The summed E-state index contributed by atoms with van der Waals surface area (Å²) in [6, 6.07) is 26.4. The van der Waals surface area contributed by atoms with Crippen molar-refractivity contribution in [1.29, 1.82) is 0 Å². The van der Waals surface area contributed by atoms with Gasteiger partial charge in [0.25, 0.3) is 0 Å². The van der Waals surface area contributed by atoms with Gasteiger partial charge in [0, 0.05) is 64.1 Å². The van der Waals surface area contributed by atoms with Crippen molar-refractivity contribution in [3.05, 3.63) is 135 Å². The van der Waals surface area contributed by atoms with Crippen molar-refractivity contribution < 1.29 is 14.4 Å². The number of nitrogens with zero attached hydrogens (tertiary/aromatic N) is 4. The average Bonchev–Trinajstić information content (AvgIpc) is 3.85. The number of likely N-dealkylation sites (tertiary alicyclic amines) is 1. The average molecular weight is 845 g/mol. The molecule has 1 saturated heterocycles. The molecule has 0 unspecified atom stereocenters. The van der Waals surface area contributed by atoms with Gasteiger partial charge in [-0.15, -0.1) is 0 Å². The first-order chi connectivity index (χ1) is 28.0. The third-order valence-electron chi connectivity index (χ3n) is 10.0. The molecular weight excluding hydrogens is 797 g/mol. The summed E-state index contributed by atoms with van der Waals surface area (Å²) in [5, 5.41) is 11.5. The summed E-state index contributed by atoms with van der Waals surface area (Å²) in [6.07, 6.45) is 5.19. The number of hydrogen-bond acceptors (Lipinski definition) is 5. The molecule has 0 aliphatic carbocycles. The number of carbonyl (C=O) groups excluding carboxylic acids is 3. The Morgan fingerprint density at radius 2 is 1.57 bits per heavy atom. The van der Waals surface area contributed by atoms with E-state index in [0.717, 1.165) is 47.2 Å². The second-order valence-electron chi connectivity index (χ2n) is 14.4. The quantitative estimate of drug-likeness (QED) is 0.0380. The molecule has 1 aromatic heterocycles. The van der Waals surface area contributed by atoms with Gasteiger partial charge in [-0.2, -0.15) is 0 Å². The lowest BCUT2D eigenvalue weighted by Crippen LogP contribution is -2.50. The van der Waals surface area contributed by atoms with Crippen LogP contribution in [0.2, 0.25) is 15.1 Å². The molecule has 0 radical (unpaired) electrons. The molecule has 304 valence electrons. The van der Waals surface area contributed by atoms with Crippen LogP contribution in [-0.2, 0) is 35.8 Å². The fraction of sp³-hybridized carbons (Fsp3) is 0.302. The van der Waals surface area contributed by atoms with Gasteiger partial charge in [-0.05, 0) is 91.9 Å². The number of guanidine groups is 1. The van der Waals surface area contributed by atoms with Crippen molar-refractivity contribution in [1.82, 2.24) is 25.0 Å². The fourth-order valence-corrected chi connectivity index (χ4v) is 7.69. The number of carbonyl (C=O) groups is 3. The van der Waals surface area contributed by atoms with E-state index < -0.39 is 18.0 Å². The molecule has 4 amide bonds. The van der Waals surface area contributed by atoms with Gasteiger partial charge >= 0.3 is 6.03 Å². The molecule has 12 nitrogen and oxygen atoms in total. The summed E-state index contributed by atoms with van der Waals surface area (Å²) in [6.45, 7) is 3.64. The van der Waals surface area contributed by atoms with Crippen LogP contribution < -0.4 is 27.4 Å². The Labute approximate surface area is 353 Å². The second kappa shape index (κ2) is 20.4. The number of halogens is 3. The number of aliphatic imine (C=N–C) groups is 1. The highest BCUT2D eigenvalue weighted by Crippen LogP contribution is 2.31. The third kappa shape index (κ3) is 11.9. The molecule has 1 aliphatic heterocycles. The summed E-state index contributed by atoms with van der Waals surface area (Å²) in [7, 11) is 0. The highest BCUT2D eigenvalue weighted by Gasteiger charge is 2.25. The first-order valence-corrected chi connectivity index (χ1v) is 20.4. The predicted molar refractivity (Wildman–Crippen MR) is 233 cm³/mol. The van der Waals surface area contributed by atoms with Gasteiger partial charge in [-0.1, -0.05) is 89.4 Å². The van der Waals surface area contributed by atoms with Crippen molar-refractivity contribution in [2.75, 3.05) is 31.5 Å². The molecule has 5 aromatic rings. The van der Waals surface area contributed by atoms with Gasteiger partial charge in [0.15, 0.2) is 5.96 Å². The normalized spacial score (nSPS) is 13.2. The van der Waals surface area contributed by atoms with Crippen LogP contribution in [0.15, 0.2) is 102 Å². The van der Waals surface area contributed by atoms with Crippen LogP contribution in [-0.4, -0.2) is 70.4 Å². The molecule has 1 aliphatic rings. The molecule has 7 N–H and O–H groups in total. The molecule has 4 aromatic carbocycles. The summed E-state index contributed by atoms with van der Waals surface area (Å²) in [4.78, 5) is 49.2. The second-order valence-corrected chi connectivity index (χ2v) is 15.6. The Balaban J connectivity index is 1.23. The van der Waals surface area contributed by atoms with Crippen LogP contribution in [0.5, 0.6) is 0 Å². The Bertz CT molecular complexity index is 2200. The highest BCUT2D eigenvalue weighted by molar-refractivity contribution is 6.36. The SMILES string of the molecule is NC(N)=NCCC[C@H](NC(=O)CN(Cc1ccc(Cl)cc1)C(=O)Nc1ccc2c(CN3CCCC3)cn(Cc3c(Cl)cccc3Cl)c2c1)C(=O)NCc1ccccc1. The number of nitrogens with two attached hydrogens (primary N) is 2. The maximum Gasteiger partial charge on any atom is 0.322 e. The van der Waals surface area contributed by atoms with E-state index >= 15 is 0 Å². The molecule has 1 fully saturated rings. The molecule has 6 rings (SSSR count). The third-order valence-corrected chi connectivity index (χ3v) is 11.0. The standard InChI is InChI=1S/C43H48Cl3N9O3/c44-32-15-13-30(14-16-32)24-55(28-40(56)52-38(12-7-19-49-42(47)48)41(57)50-23-29-8-2-1-3-9-29)43(58)51-33-17-18-34-31(25-53-20-4-5-21-53)26-54(39(34)22-33)27-35-36(45)10-6-11-37(35)46/h1-3,6,8-11,13-18,22,26,38H,4-5,7,12,19-21,23-25,27-28H2,(H,50,57)(H,51,58)(H,52,56)(H4,47,48,49)/t38-/m0/s1. The zero-order valence-electron chi connectivity index (χ0n) is 32.1. The lowest BCUT2D eigenvalue weighted by molar-refractivity contribution is -0.129.